The summed E-state index contributed by atoms with van der Waals surface area (Å²) in [6.45, 7) is 7.15. The Labute approximate surface area is 112 Å². The normalized spacial score (nSPS) is 21.1. The Bertz CT molecular complexity index is 520. The molecular weight excluding hydrogens is 244 g/mol. The number of hydrogen-bond acceptors (Lipinski definition) is 2. The van der Waals surface area contributed by atoms with Gasteiger partial charge in [-0.2, -0.15) is 0 Å². The highest BCUT2D eigenvalue weighted by Crippen LogP contribution is 2.47. The fourth-order valence-corrected chi connectivity index (χ4v) is 5.55. The summed E-state index contributed by atoms with van der Waals surface area (Å²) in [5.41, 5.74) is 2.27. The van der Waals surface area contributed by atoms with Crippen LogP contribution in [0.4, 0.5) is 0 Å². The predicted octanol–water partition coefficient (Wildman–Crippen LogP) is 5.96. The molecule has 0 aliphatic heterocycles. The molecule has 0 unspecified atom stereocenters. The quantitative estimate of drug-likeness (QED) is 0.596. The largest absolute Gasteiger partial charge is 0.143 e. The number of thiophene rings is 2. The summed E-state index contributed by atoms with van der Waals surface area (Å²) in [5, 5.41) is 2.25. The highest BCUT2D eigenvalue weighted by atomic mass is 32.1. The van der Waals surface area contributed by atoms with E-state index in [0.717, 1.165) is 5.92 Å². The molecule has 1 aliphatic carbocycles. The Balaban J connectivity index is 1.94. The molecule has 3 rings (SSSR count). The van der Waals surface area contributed by atoms with Gasteiger partial charge in [-0.1, -0.05) is 13.8 Å². The second kappa shape index (κ2) is 4.10. The molecule has 0 aromatic carbocycles. The van der Waals surface area contributed by atoms with Crippen LogP contribution in [0.15, 0.2) is 11.4 Å². The van der Waals surface area contributed by atoms with Crippen molar-refractivity contribution < 1.29 is 0 Å². The molecule has 2 aromatic rings. The van der Waals surface area contributed by atoms with Crippen molar-refractivity contribution in [3.05, 3.63) is 21.9 Å². The van der Waals surface area contributed by atoms with Crippen LogP contribution in [0.25, 0.3) is 9.40 Å². The van der Waals surface area contributed by atoms with Crippen molar-refractivity contribution in [2.45, 2.75) is 52.4 Å². The molecule has 92 valence electrons. The van der Waals surface area contributed by atoms with Crippen LogP contribution in [0.3, 0.4) is 0 Å². The van der Waals surface area contributed by atoms with Crippen LogP contribution in [-0.2, 0) is 0 Å². The molecule has 0 bridgehead atoms. The molecule has 1 saturated carbocycles. The first-order valence-corrected chi connectivity index (χ1v) is 8.23. The van der Waals surface area contributed by atoms with Gasteiger partial charge in [-0.3, -0.25) is 0 Å². The van der Waals surface area contributed by atoms with E-state index in [2.05, 4.69) is 32.2 Å². The summed E-state index contributed by atoms with van der Waals surface area (Å²) in [6, 6.07) is 2.29. The van der Waals surface area contributed by atoms with Gasteiger partial charge in [0, 0.05) is 14.3 Å². The van der Waals surface area contributed by atoms with Crippen LogP contribution in [0.1, 0.15) is 55.9 Å². The minimum absolute atomic E-state index is 0.578. The van der Waals surface area contributed by atoms with Gasteiger partial charge in [-0.25, -0.2) is 0 Å². The third-order valence-electron chi connectivity index (χ3n) is 4.26. The van der Waals surface area contributed by atoms with Gasteiger partial charge < -0.3 is 0 Å². The Morgan fingerprint density at radius 3 is 2.65 bits per heavy atom. The zero-order chi connectivity index (χ0) is 12.0. The van der Waals surface area contributed by atoms with E-state index in [4.69, 9.17) is 0 Å². The second-order valence-corrected chi connectivity index (χ2v) is 8.30. The molecule has 0 nitrogen and oxygen atoms in total. The van der Waals surface area contributed by atoms with Crippen molar-refractivity contribution in [1.29, 1.82) is 0 Å². The molecule has 2 heterocycles. The average Bonchev–Trinajstić information content (AvgIpc) is 2.79. The lowest BCUT2D eigenvalue weighted by atomic mass is 9.71. The van der Waals surface area contributed by atoms with Crippen molar-refractivity contribution in [3.8, 4) is 0 Å². The minimum atomic E-state index is 0.578. The lowest BCUT2D eigenvalue weighted by Gasteiger charge is -2.34. The van der Waals surface area contributed by atoms with Crippen molar-refractivity contribution >= 4 is 32.1 Å². The summed E-state index contributed by atoms with van der Waals surface area (Å²) < 4.78 is 3.09. The van der Waals surface area contributed by atoms with E-state index in [1.807, 2.05) is 22.7 Å². The predicted molar refractivity (Wildman–Crippen MR) is 79.4 cm³/mol. The monoisotopic (exact) mass is 264 g/mol. The van der Waals surface area contributed by atoms with Crippen molar-refractivity contribution in [2.75, 3.05) is 0 Å². The highest BCUT2D eigenvalue weighted by molar-refractivity contribution is 7.27. The Morgan fingerprint density at radius 1 is 1.24 bits per heavy atom. The molecule has 1 fully saturated rings. The SMILES string of the molecule is Cc1sc2ccsc2c1C1CCC(C)(C)CC1. The van der Waals surface area contributed by atoms with E-state index in [1.165, 1.54) is 30.4 Å². The zero-order valence-corrected chi connectivity index (χ0v) is 12.5. The highest BCUT2D eigenvalue weighted by Gasteiger charge is 2.30. The van der Waals surface area contributed by atoms with Crippen LogP contribution in [-0.4, -0.2) is 0 Å². The topological polar surface area (TPSA) is 0 Å². The van der Waals surface area contributed by atoms with Gasteiger partial charge in [-0.15, -0.1) is 22.7 Å². The summed E-state index contributed by atoms with van der Waals surface area (Å²) in [7, 11) is 0. The molecule has 0 spiro atoms. The zero-order valence-electron chi connectivity index (χ0n) is 10.9. The summed E-state index contributed by atoms with van der Waals surface area (Å²) in [4.78, 5) is 1.57. The first kappa shape index (κ1) is 11.7. The van der Waals surface area contributed by atoms with Gasteiger partial charge in [0.25, 0.3) is 0 Å². The Kier molecular flexibility index (Phi) is 2.83. The van der Waals surface area contributed by atoms with Crippen LogP contribution >= 0.6 is 22.7 Å². The van der Waals surface area contributed by atoms with Crippen LogP contribution in [0, 0.1) is 12.3 Å². The van der Waals surface area contributed by atoms with E-state index in [0.29, 0.717) is 5.41 Å². The summed E-state index contributed by atoms with van der Waals surface area (Å²) in [5.74, 6) is 0.829. The third-order valence-corrected chi connectivity index (χ3v) is 6.43. The average molecular weight is 264 g/mol. The maximum Gasteiger partial charge on any atom is 0.0488 e. The van der Waals surface area contributed by atoms with Crippen molar-refractivity contribution in [3.63, 3.8) is 0 Å². The lowest BCUT2D eigenvalue weighted by Crippen LogP contribution is -2.20. The molecule has 2 aromatic heterocycles. The number of rotatable bonds is 1. The summed E-state index contributed by atoms with van der Waals surface area (Å²) in [6.07, 6.45) is 5.55. The van der Waals surface area contributed by atoms with Gasteiger partial charge in [-0.05, 0) is 60.9 Å². The number of aryl methyl sites for hydroxylation is 1. The minimum Gasteiger partial charge on any atom is -0.143 e. The van der Waals surface area contributed by atoms with E-state index in [-0.39, 0.29) is 0 Å². The van der Waals surface area contributed by atoms with Gasteiger partial charge in [0.1, 0.15) is 0 Å². The number of fused-ring (bicyclic) bond motifs is 1. The van der Waals surface area contributed by atoms with Crippen LogP contribution in [0.2, 0.25) is 0 Å². The maximum atomic E-state index is 2.42. The van der Waals surface area contributed by atoms with Gasteiger partial charge in [0.15, 0.2) is 0 Å². The van der Waals surface area contributed by atoms with E-state index < -0.39 is 0 Å². The fourth-order valence-electron chi connectivity index (χ4n) is 3.11. The molecule has 0 amide bonds. The van der Waals surface area contributed by atoms with Gasteiger partial charge in [0.05, 0.1) is 0 Å². The molecular formula is C15H20S2. The van der Waals surface area contributed by atoms with Crippen LogP contribution < -0.4 is 0 Å². The Morgan fingerprint density at radius 2 is 1.94 bits per heavy atom. The van der Waals surface area contributed by atoms with Crippen LogP contribution in [0.5, 0.6) is 0 Å². The molecule has 0 saturated heterocycles. The van der Waals surface area contributed by atoms with E-state index >= 15 is 0 Å². The number of hydrogen-bond donors (Lipinski definition) is 0. The van der Waals surface area contributed by atoms with E-state index in [1.54, 1.807) is 15.1 Å². The van der Waals surface area contributed by atoms with Gasteiger partial charge >= 0.3 is 0 Å². The maximum absolute atomic E-state index is 2.42. The van der Waals surface area contributed by atoms with Crippen molar-refractivity contribution in [1.82, 2.24) is 0 Å². The molecule has 2 heteroatoms. The molecule has 17 heavy (non-hydrogen) atoms. The van der Waals surface area contributed by atoms with E-state index in [9.17, 15) is 0 Å². The first-order chi connectivity index (χ1) is 8.07. The standard InChI is InChI=1S/C15H20S2/c1-10-13(14-12(17-10)6-9-16-14)11-4-7-15(2,3)8-5-11/h6,9,11H,4-5,7-8H2,1-3H3. The van der Waals surface area contributed by atoms with Crippen molar-refractivity contribution in [2.24, 2.45) is 5.41 Å². The first-order valence-electron chi connectivity index (χ1n) is 6.53. The summed E-state index contributed by atoms with van der Waals surface area (Å²) >= 11 is 3.93. The lowest BCUT2D eigenvalue weighted by molar-refractivity contribution is 0.225. The fraction of sp³-hybridized carbons (Fsp3) is 0.600. The molecule has 0 N–H and O–H groups in total. The second-order valence-electron chi connectivity index (χ2n) is 6.12. The Hall–Kier alpha value is -0.340. The molecule has 0 atom stereocenters. The smallest absolute Gasteiger partial charge is 0.0488 e. The van der Waals surface area contributed by atoms with Gasteiger partial charge in [0.2, 0.25) is 0 Å². The third kappa shape index (κ3) is 2.06. The molecule has 1 aliphatic rings. The molecule has 0 radical (unpaired) electrons.